The third kappa shape index (κ3) is 2.13. The lowest BCUT2D eigenvalue weighted by Crippen LogP contribution is -1.83. The lowest BCUT2D eigenvalue weighted by molar-refractivity contribution is 0.480. The first kappa shape index (κ1) is 11.0. The van der Waals surface area contributed by atoms with Crippen LogP contribution >= 0.6 is 11.3 Å². The number of fused-ring (bicyclic) bond motifs is 1. The van der Waals surface area contributed by atoms with Crippen molar-refractivity contribution in [2.45, 2.75) is 0 Å². The number of phenolic OH excluding ortho intramolecular Hbond substituents is 1. The predicted molar refractivity (Wildman–Crippen MR) is 76.7 cm³/mol. The number of pyridine rings is 1. The average molecular weight is 253 g/mol. The van der Waals surface area contributed by atoms with E-state index in [1.807, 2.05) is 47.9 Å². The van der Waals surface area contributed by atoms with Crippen LogP contribution in [-0.4, -0.2) is 10.1 Å². The highest BCUT2D eigenvalue weighted by atomic mass is 32.1. The molecule has 0 saturated carbocycles. The Morgan fingerprint density at radius 3 is 2.78 bits per heavy atom. The Morgan fingerprint density at radius 2 is 1.94 bits per heavy atom. The molecule has 0 spiro atoms. The molecule has 0 aliphatic carbocycles. The van der Waals surface area contributed by atoms with Gasteiger partial charge in [0.2, 0.25) is 0 Å². The van der Waals surface area contributed by atoms with Crippen molar-refractivity contribution in [1.82, 2.24) is 4.98 Å². The molecule has 3 aromatic rings. The van der Waals surface area contributed by atoms with E-state index in [1.165, 1.54) is 4.88 Å². The van der Waals surface area contributed by atoms with Gasteiger partial charge in [-0.2, -0.15) is 0 Å². The monoisotopic (exact) mass is 253 g/mol. The number of para-hydroxylation sites is 1. The summed E-state index contributed by atoms with van der Waals surface area (Å²) < 4.78 is 0. The van der Waals surface area contributed by atoms with Gasteiger partial charge in [0.25, 0.3) is 0 Å². The van der Waals surface area contributed by atoms with Gasteiger partial charge in [-0.25, -0.2) is 4.98 Å². The van der Waals surface area contributed by atoms with Crippen LogP contribution in [0, 0.1) is 0 Å². The van der Waals surface area contributed by atoms with Gasteiger partial charge in [0.15, 0.2) is 0 Å². The van der Waals surface area contributed by atoms with Crippen LogP contribution in [0.3, 0.4) is 0 Å². The van der Waals surface area contributed by atoms with Crippen LogP contribution < -0.4 is 0 Å². The zero-order chi connectivity index (χ0) is 12.4. The number of nitrogens with zero attached hydrogens (tertiary/aromatic N) is 1. The van der Waals surface area contributed by atoms with Gasteiger partial charge < -0.3 is 5.11 Å². The van der Waals surface area contributed by atoms with Gasteiger partial charge in [-0.3, -0.25) is 0 Å². The maximum absolute atomic E-state index is 9.76. The zero-order valence-electron chi connectivity index (χ0n) is 9.58. The van der Waals surface area contributed by atoms with Crippen LogP contribution in [0.1, 0.15) is 10.6 Å². The van der Waals surface area contributed by atoms with Crippen molar-refractivity contribution < 1.29 is 5.11 Å². The summed E-state index contributed by atoms with van der Waals surface area (Å²) in [5.41, 5.74) is 1.49. The van der Waals surface area contributed by atoms with E-state index in [4.69, 9.17) is 0 Å². The van der Waals surface area contributed by atoms with Crippen molar-refractivity contribution in [3.8, 4) is 5.75 Å². The van der Waals surface area contributed by atoms with Crippen LogP contribution in [-0.2, 0) is 0 Å². The first-order valence-corrected chi connectivity index (χ1v) is 6.51. The fourth-order valence-corrected chi connectivity index (χ4v) is 2.41. The normalized spacial score (nSPS) is 11.3. The Kier molecular flexibility index (Phi) is 2.82. The standard InChI is InChI=1S/C15H11NOS/c17-14-5-1-3-11-6-7-12(16-15(11)14)8-9-13-4-2-10-18-13/h1-10,17H/b9-8+. The van der Waals surface area contributed by atoms with Crippen LogP contribution in [0.5, 0.6) is 5.75 Å². The highest BCUT2D eigenvalue weighted by Crippen LogP contribution is 2.23. The van der Waals surface area contributed by atoms with E-state index in [9.17, 15) is 5.11 Å². The second-order valence-corrected chi connectivity index (χ2v) is 4.91. The van der Waals surface area contributed by atoms with Gasteiger partial charge in [-0.1, -0.05) is 24.3 Å². The Hall–Kier alpha value is -2.13. The Labute approximate surface area is 109 Å². The van der Waals surface area contributed by atoms with Crippen LogP contribution in [0.2, 0.25) is 0 Å². The summed E-state index contributed by atoms with van der Waals surface area (Å²) in [6.45, 7) is 0. The van der Waals surface area contributed by atoms with Gasteiger partial charge in [-0.05, 0) is 35.7 Å². The first-order valence-electron chi connectivity index (χ1n) is 5.63. The van der Waals surface area contributed by atoms with Gasteiger partial charge >= 0.3 is 0 Å². The largest absolute Gasteiger partial charge is 0.506 e. The predicted octanol–water partition coefficient (Wildman–Crippen LogP) is 4.17. The number of thiophene rings is 1. The van der Waals surface area contributed by atoms with Gasteiger partial charge in [0, 0.05) is 10.3 Å². The molecule has 0 aliphatic heterocycles. The van der Waals surface area contributed by atoms with E-state index in [2.05, 4.69) is 11.1 Å². The molecule has 0 radical (unpaired) electrons. The molecule has 0 fully saturated rings. The second kappa shape index (κ2) is 4.63. The quantitative estimate of drug-likeness (QED) is 0.743. The number of aromatic nitrogens is 1. The molecule has 3 rings (SSSR count). The Balaban J connectivity index is 2.01. The molecule has 0 unspecified atom stereocenters. The molecule has 1 N–H and O–H groups in total. The summed E-state index contributed by atoms with van der Waals surface area (Å²) in [5, 5.41) is 12.8. The van der Waals surface area contributed by atoms with Crippen molar-refractivity contribution in [2.75, 3.05) is 0 Å². The number of rotatable bonds is 2. The van der Waals surface area contributed by atoms with Crippen molar-refractivity contribution in [1.29, 1.82) is 0 Å². The van der Waals surface area contributed by atoms with E-state index in [0.717, 1.165) is 11.1 Å². The van der Waals surface area contributed by atoms with Crippen molar-refractivity contribution in [3.63, 3.8) is 0 Å². The summed E-state index contributed by atoms with van der Waals surface area (Å²) >= 11 is 1.68. The van der Waals surface area contributed by atoms with E-state index >= 15 is 0 Å². The lowest BCUT2D eigenvalue weighted by Gasteiger charge is -2.00. The molecule has 2 aromatic heterocycles. The minimum absolute atomic E-state index is 0.221. The van der Waals surface area contributed by atoms with E-state index < -0.39 is 0 Å². The van der Waals surface area contributed by atoms with Gasteiger partial charge in [0.1, 0.15) is 11.3 Å². The minimum Gasteiger partial charge on any atom is -0.506 e. The average Bonchev–Trinajstić information content (AvgIpc) is 2.90. The van der Waals surface area contributed by atoms with E-state index in [1.54, 1.807) is 17.4 Å². The van der Waals surface area contributed by atoms with E-state index in [-0.39, 0.29) is 5.75 Å². The van der Waals surface area contributed by atoms with Gasteiger partial charge in [-0.15, -0.1) is 11.3 Å². The van der Waals surface area contributed by atoms with Crippen LogP contribution in [0.25, 0.3) is 23.1 Å². The second-order valence-electron chi connectivity index (χ2n) is 3.93. The fourth-order valence-electron chi connectivity index (χ4n) is 1.79. The van der Waals surface area contributed by atoms with Gasteiger partial charge in [0.05, 0.1) is 5.69 Å². The minimum atomic E-state index is 0.221. The fraction of sp³-hybridized carbons (Fsp3) is 0. The highest BCUT2D eigenvalue weighted by molar-refractivity contribution is 7.10. The Morgan fingerprint density at radius 1 is 1.00 bits per heavy atom. The highest BCUT2D eigenvalue weighted by Gasteiger charge is 2.00. The first-order chi connectivity index (χ1) is 8.83. The molecule has 0 aliphatic rings. The SMILES string of the molecule is Oc1cccc2ccc(/C=C/c3cccs3)nc12. The summed E-state index contributed by atoms with van der Waals surface area (Å²) in [5.74, 6) is 0.221. The maximum Gasteiger partial charge on any atom is 0.141 e. The molecular formula is C15H11NOS. The lowest BCUT2D eigenvalue weighted by atomic mass is 10.2. The summed E-state index contributed by atoms with van der Waals surface area (Å²) in [7, 11) is 0. The molecule has 1 aromatic carbocycles. The number of benzene rings is 1. The third-order valence-corrected chi connectivity index (χ3v) is 3.52. The molecule has 3 heteroatoms. The topological polar surface area (TPSA) is 33.1 Å². The van der Waals surface area contributed by atoms with Crippen LogP contribution in [0.15, 0.2) is 47.8 Å². The van der Waals surface area contributed by atoms with Crippen molar-refractivity contribution in [3.05, 3.63) is 58.4 Å². The van der Waals surface area contributed by atoms with E-state index in [0.29, 0.717) is 5.52 Å². The molecule has 88 valence electrons. The Bertz CT molecular complexity index is 702. The zero-order valence-corrected chi connectivity index (χ0v) is 10.4. The van der Waals surface area contributed by atoms with Crippen LogP contribution in [0.4, 0.5) is 0 Å². The third-order valence-electron chi connectivity index (χ3n) is 2.68. The van der Waals surface area contributed by atoms with Crippen molar-refractivity contribution in [2.24, 2.45) is 0 Å². The molecule has 0 bridgehead atoms. The number of aromatic hydroxyl groups is 1. The molecular weight excluding hydrogens is 242 g/mol. The number of phenols is 1. The summed E-state index contributed by atoms with van der Waals surface area (Å²) in [6.07, 6.45) is 3.98. The molecule has 0 amide bonds. The molecule has 0 atom stereocenters. The smallest absolute Gasteiger partial charge is 0.141 e. The number of hydrogen-bond donors (Lipinski definition) is 1. The number of hydrogen-bond acceptors (Lipinski definition) is 3. The molecule has 18 heavy (non-hydrogen) atoms. The van der Waals surface area contributed by atoms with Crippen molar-refractivity contribution >= 4 is 34.4 Å². The molecule has 2 nitrogen and oxygen atoms in total. The molecule has 0 saturated heterocycles. The summed E-state index contributed by atoms with van der Waals surface area (Å²) in [4.78, 5) is 5.63. The summed E-state index contributed by atoms with van der Waals surface area (Å²) in [6, 6.07) is 13.4. The molecule has 2 heterocycles. The maximum atomic E-state index is 9.76.